The molecule has 1 aliphatic rings. The van der Waals surface area contributed by atoms with E-state index in [1.165, 1.54) is 11.8 Å². The molecule has 0 saturated heterocycles. The second kappa shape index (κ2) is 10.5. The van der Waals surface area contributed by atoms with Crippen molar-refractivity contribution in [2.75, 3.05) is 26.1 Å². The molecule has 0 aliphatic carbocycles. The lowest BCUT2D eigenvalue weighted by molar-refractivity contribution is -0.115. The summed E-state index contributed by atoms with van der Waals surface area (Å²) in [4.78, 5) is 12.9. The van der Waals surface area contributed by atoms with Crippen LogP contribution in [0.15, 0.2) is 60.3 Å². The number of ether oxygens (including phenoxy) is 4. The van der Waals surface area contributed by atoms with Gasteiger partial charge in [-0.3, -0.25) is 9.36 Å². The highest BCUT2D eigenvalue weighted by molar-refractivity contribution is 8.00. The smallest absolute Gasteiger partial charge is 0.237 e. The van der Waals surface area contributed by atoms with Crippen molar-refractivity contribution in [1.29, 1.82) is 0 Å². The Labute approximate surface area is 202 Å². The minimum absolute atomic E-state index is 0.193. The fourth-order valence-electron chi connectivity index (χ4n) is 3.41. The lowest BCUT2D eigenvalue weighted by Gasteiger charge is -2.26. The van der Waals surface area contributed by atoms with E-state index in [0.717, 1.165) is 0 Å². The van der Waals surface area contributed by atoms with E-state index in [-0.39, 0.29) is 5.91 Å². The second-order valence-corrected chi connectivity index (χ2v) is 8.76. The molecule has 1 aromatic heterocycles. The van der Waals surface area contributed by atoms with Gasteiger partial charge in [0, 0.05) is 30.4 Å². The van der Waals surface area contributed by atoms with Gasteiger partial charge in [-0.05, 0) is 19.1 Å². The van der Waals surface area contributed by atoms with E-state index in [2.05, 4.69) is 22.1 Å². The van der Waals surface area contributed by atoms with Crippen molar-refractivity contribution in [1.82, 2.24) is 14.8 Å². The Hall–Kier alpha value is -3.66. The van der Waals surface area contributed by atoms with Gasteiger partial charge in [-0.1, -0.05) is 30.0 Å². The van der Waals surface area contributed by atoms with E-state index in [4.69, 9.17) is 18.9 Å². The first-order chi connectivity index (χ1) is 16.5. The number of anilines is 1. The Balaban J connectivity index is 1.49. The van der Waals surface area contributed by atoms with E-state index < -0.39 is 11.4 Å². The van der Waals surface area contributed by atoms with Crippen LogP contribution in [-0.2, 0) is 11.3 Å². The van der Waals surface area contributed by atoms with Crippen LogP contribution in [0.25, 0.3) is 0 Å². The molecule has 34 heavy (non-hydrogen) atoms. The van der Waals surface area contributed by atoms with Crippen LogP contribution in [-0.4, -0.2) is 46.7 Å². The number of amides is 1. The Morgan fingerprint density at radius 3 is 2.62 bits per heavy atom. The van der Waals surface area contributed by atoms with Crippen molar-refractivity contribution in [2.45, 2.75) is 30.0 Å². The Kier molecular flexibility index (Phi) is 7.27. The Morgan fingerprint density at radius 1 is 1.24 bits per heavy atom. The minimum atomic E-state index is -0.456. The van der Waals surface area contributed by atoms with Crippen molar-refractivity contribution in [3.63, 3.8) is 0 Å². The number of benzene rings is 2. The van der Waals surface area contributed by atoms with Crippen LogP contribution in [0.2, 0.25) is 0 Å². The number of nitrogens with zero attached hydrogens (tertiary/aromatic N) is 3. The zero-order valence-corrected chi connectivity index (χ0v) is 20.0. The van der Waals surface area contributed by atoms with E-state index in [9.17, 15) is 4.79 Å². The maximum Gasteiger partial charge on any atom is 0.237 e. The molecule has 1 N–H and O–H groups in total. The van der Waals surface area contributed by atoms with Gasteiger partial charge in [0.05, 0.1) is 19.5 Å². The van der Waals surface area contributed by atoms with Gasteiger partial charge in [-0.25, -0.2) is 0 Å². The molecule has 178 valence electrons. The number of para-hydroxylation sites is 2. The monoisotopic (exact) mass is 482 g/mol. The van der Waals surface area contributed by atoms with Crippen LogP contribution in [0, 0.1) is 0 Å². The van der Waals surface area contributed by atoms with E-state index >= 15 is 0 Å². The second-order valence-electron chi connectivity index (χ2n) is 7.45. The molecular weight excluding hydrogens is 456 g/mol. The maximum absolute atomic E-state index is 12.9. The van der Waals surface area contributed by atoms with Gasteiger partial charge in [0.25, 0.3) is 0 Å². The number of carbonyl (C=O) groups excluding carboxylic acids is 1. The topological polar surface area (TPSA) is 96.7 Å². The van der Waals surface area contributed by atoms with Crippen LogP contribution in [0.4, 0.5) is 5.69 Å². The molecule has 2 heterocycles. The number of methoxy groups -OCH3 is 2. The third-order valence-electron chi connectivity index (χ3n) is 5.12. The van der Waals surface area contributed by atoms with Crippen molar-refractivity contribution in [2.24, 2.45) is 0 Å². The largest absolute Gasteiger partial charge is 0.497 e. The average Bonchev–Trinajstić information content (AvgIpc) is 3.25. The Morgan fingerprint density at radius 2 is 1.94 bits per heavy atom. The SMILES string of the molecule is C=CCn1c(SC(C)C(=O)Nc2cc(OC)cc(OC)c2)nnc1C1COc2ccccc2O1. The molecular formula is C24H26N4O5S. The number of hydrogen-bond acceptors (Lipinski definition) is 8. The average molecular weight is 483 g/mol. The van der Waals surface area contributed by atoms with Crippen LogP contribution in [0.3, 0.4) is 0 Å². The summed E-state index contributed by atoms with van der Waals surface area (Å²) in [6.07, 6.45) is 1.33. The summed E-state index contributed by atoms with van der Waals surface area (Å²) in [5.41, 5.74) is 0.577. The van der Waals surface area contributed by atoms with E-state index in [0.29, 0.717) is 52.8 Å². The van der Waals surface area contributed by atoms with Gasteiger partial charge < -0.3 is 24.3 Å². The number of fused-ring (bicyclic) bond motifs is 1. The summed E-state index contributed by atoms with van der Waals surface area (Å²) in [5, 5.41) is 11.7. The number of thioether (sulfide) groups is 1. The van der Waals surface area contributed by atoms with Gasteiger partial charge in [0.1, 0.15) is 18.1 Å². The Bertz CT molecular complexity index is 1160. The summed E-state index contributed by atoms with van der Waals surface area (Å²) < 4.78 is 24.4. The molecule has 10 heteroatoms. The van der Waals surface area contributed by atoms with Crippen LogP contribution in [0.1, 0.15) is 18.9 Å². The van der Waals surface area contributed by atoms with Crippen molar-refractivity contribution < 1.29 is 23.7 Å². The first-order valence-corrected chi connectivity index (χ1v) is 11.5. The van der Waals surface area contributed by atoms with Crippen LogP contribution >= 0.6 is 11.8 Å². The summed E-state index contributed by atoms with van der Waals surface area (Å²) in [6, 6.07) is 12.7. The predicted octanol–water partition coefficient (Wildman–Crippen LogP) is 4.11. The molecule has 1 amide bonds. The third kappa shape index (κ3) is 5.12. The van der Waals surface area contributed by atoms with Crippen molar-refractivity contribution >= 4 is 23.4 Å². The summed E-state index contributed by atoms with van der Waals surface area (Å²) in [7, 11) is 3.12. The van der Waals surface area contributed by atoms with Gasteiger partial charge >= 0.3 is 0 Å². The fourth-order valence-corrected chi connectivity index (χ4v) is 4.27. The zero-order valence-electron chi connectivity index (χ0n) is 19.2. The van der Waals surface area contributed by atoms with Gasteiger partial charge in [-0.15, -0.1) is 16.8 Å². The van der Waals surface area contributed by atoms with Crippen molar-refractivity contribution in [3.05, 3.63) is 60.9 Å². The highest BCUT2D eigenvalue weighted by Gasteiger charge is 2.29. The quantitative estimate of drug-likeness (QED) is 0.360. The summed E-state index contributed by atoms with van der Waals surface area (Å²) >= 11 is 1.30. The molecule has 4 rings (SSSR count). The lowest BCUT2D eigenvalue weighted by Crippen LogP contribution is -2.25. The van der Waals surface area contributed by atoms with Crippen LogP contribution in [0.5, 0.6) is 23.0 Å². The summed E-state index contributed by atoms with van der Waals surface area (Å²) in [5.74, 6) is 2.94. The molecule has 0 radical (unpaired) electrons. The molecule has 0 spiro atoms. The highest BCUT2D eigenvalue weighted by Crippen LogP contribution is 2.36. The molecule has 2 aromatic carbocycles. The van der Waals surface area contributed by atoms with Gasteiger partial charge in [-0.2, -0.15) is 0 Å². The van der Waals surface area contributed by atoms with Gasteiger partial charge in [0.15, 0.2) is 28.6 Å². The minimum Gasteiger partial charge on any atom is -0.497 e. The molecule has 0 bridgehead atoms. The van der Waals surface area contributed by atoms with Gasteiger partial charge in [0.2, 0.25) is 5.91 Å². The van der Waals surface area contributed by atoms with Crippen molar-refractivity contribution in [3.8, 4) is 23.0 Å². The lowest BCUT2D eigenvalue weighted by atomic mass is 10.2. The standard InChI is InChI=1S/C24H26N4O5S/c1-5-10-28-22(21-14-32-19-8-6-7-9-20(19)33-21)26-27-24(28)34-15(2)23(29)25-16-11-17(30-3)13-18(12-16)31-4/h5-9,11-13,15,21H,1,10,14H2,2-4H3,(H,25,29). The molecule has 9 nitrogen and oxygen atoms in total. The summed E-state index contributed by atoms with van der Waals surface area (Å²) in [6.45, 7) is 6.42. The predicted molar refractivity (Wildman–Crippen MR) is 129 cm³/mol. The molecule has 0 fully saturated rings. The highest BCUT2D eigenvalue weighted by atomic mass is 32.2. The number of aromatic nitrogens is 3. The van der Waals surface area contributed by atoms with E-state index in [1.54, 1.807) is 45.4 Å². The van der Waals surface area contributed by atoms with E-state index in [1.807, 2.05) is 28.8 Å². The van der Waals surface area contributed by atoms with Crippen LogP contribution < -0.4 is 24.3 Å². The molecule has 2 unspecified atom stereocenters. The third-order valence-corrected chi connectivity index (χ3v) is 6.20. The maximum atomic E-state index is 12.9. The number of allylic oxidation sites excluding steroid dienone is 1. The number of rotatable bonds is 9. The number of hydrogen-bond donors (Lipinski definition) is 1. The number of carbonyl (C=O) groups is 1. The zero-order chi connectivity index (χ0) is 24.1. The molecule has 3 aromatic rings. The number of nitrogens with one attached hydrogen (secondary N) is 1. The molecule has 0 saturated carbocycles. The normalized spacial score (nSPS) is 15.3. The molecule has 1 aliphatic heterocycles. The molecule has 2 atom stereocenters. The first kappa shape index (κ1) is 23.5. The fraction of sp³-hybridized carbons (Fsp3) is 0.292. The first-order valence-electron chi connectivity index (χ1n) is 10.7.